The average molecular weight is 658 g/mol. The Morgan fingerprint density at radius 3 is 1.88 bits per heavy atom. The average Bonchev–Trinajstić information content (AvgIpc) is 2.85. The molecular formula is C27H18N2O2Te2. The molecule has 0 saturated heterocycles. The van der Waals surface area contributed by atoms with Gasteiger partial charge in [-0.15, -0.1) is 0 Å². The maximum atomic E-state index is 11.2. The normalized spacial score (nSPS) is 10.9. The molecule has 1 aromatic heterocycles. The minimum atomic E-state index is -0.756. The molecular weight excluding hydrogens is 640 g/mol. The van der Waals surface area contributed by atoms with Gasteiger partial charge in [-0.25, -0.2) is 0 Å². The number of hydrogen-bond donors (Lipinski definition) is 0. The first-order chi connectivity index (χ1) is 16.2. The van der Waals surface area contributed by atoms with Gasteiger partial charge in [0.05, 0.1) is 0 Å². The van der Waals surface area contributed by atoms with Gasteiger partial charge in [-0.05, 0) is 0 Å². The summed E-state index contributed by atoms with van der Waals surface area (Å²) in [6, 6.07) is 36.5. The zero-order chi connectivity index (χ0) is 22.6. The molecule has 0 N–H and O–H groups in total. The monoisotopic (exact) mass is 662 g/mol. The zero-order valence-corrected chi connectivity index (χ0v) is 22.1. The van der Waals surface area contributed by atoms with Gasteiger partial charge in [0.1, 0.15) is 0 Å². The van der Waals surface area contributed by atoms with Crippen molar-refractivity contribution in [3.63, 3.8) is 0 Å². The van der Waals surface area contributed by atoms with Gasteiger partial charge in [-0.1, -0.05) is 0 Å². The summed E-state index contributed by atoms with van der Waals surface area (Å²) in [5.41, 5.74) is 3.30. The van der Waals surface area contributed by atoms with Crippen LogP contribution in [0, 0.1) is 10.1 Å². The second kappa shape index (κ2) is 10.0. The van der Waals surface area contributed by atoms with E-state index >= 15 is 0 Å². The fourth-order valence-electron chi connectivity index (χ4n) is 3.55. The molecule has 4 aromatic carbocycles. The van der Waals surface area contributed by atoms with Crippen LogP contribution in [0.2, 0.25) is 0 Å². The second-order valence-electron chi connectivity index (χ2n) is 7.27. The van der Waals surface area contributed by atoms with Crippen LogP contribution in [-0.2, 0) is 0 Å². The number of benzene rings is 4. The number of hydrogen-bond acceptors (Lipinski definition) is 3. The van der Waals surface area contributed by atoms with Crippen LogP contribution in [0.4, 0.5) is 5.69 Å². The van der Waals surface area contributed by atoms with Crippen molar-refractivity contribution in [1.29, 1.82) is 0 Å². The van der Waals surface area contributed by atoms with Crippen LogP contribution < -0.4 is 14.6 Å². The molecule has 0 atom stereocenters. The molecule has 0 radical (unpaired) electrons. The molecule has 0 aliphatic rings. The summed E-state index contributed by atoms with van der Waals surface area (Å²) in [4.78, 5) is 16.1. The number of fused-ring (bicyclic) bond motifs is 1. The van der Waals surface area contributed by atoms with E-state index in [2.05, 4.69) is 66.7 Å². The fourth-order valence-corrected chi connectivity index (χ4v) is 10.2. The van der Waals surface area contributed by atoms with Gasteiger partial charge in [0.25, 0.3) is 0 Å². The summed E-state index contributed by atoms with van der Waals surface area (Å²) in [7, 11) is 0. The molecule has 1 heterocycles. The van der Waals surface area contributed by atoms with Gasteiger partial charge >= 0.3 is 213 Å². The van der Waals surface area contributed by atoms with Crippen LogP contribution in [-0.4, -0.2) is 51.8 Å². The van der Waals surface area contributed by atoms with E-state index in [1.54, 1.807) is 12.1 Å². The molecule has 0 unspecified atom stereocenters. The van der Waals surface area contributed by atoms with E-state index in [-0.39, 0.29) is 10.6 Å². The van der Waals surface area contributed by atoms with E-state index in [0.29, 0.717) is 0 Å². The van der Waals surface area contributed by atoms with E-state index in [9.17, 15) is 10.1 Å². The van der Waals surface area contributed by atoms with E-state index in [0.717, 1.165) is 14.8 Å². The van der Waals surface area contributed by atoms with Crippen molar-refractivity contribution in [2.24, 2.45) is 0 Å². The third-order valence-corrected chi connectivity index (χ3v) is 11.2. The fraction of sp³-hybridized carbons (Fsp3) is 0. The van der Waals surface area contributed by atoms with Gasteiger partial charge < -0.3 is 0 Å². The molecule has 4 nitrogen and oxygen atoms in total. The third kappa shape index (κ3) is 4.96. The Kier molecular flexibility index (Phi) is 6.72. The second-order valence-corrected chi connectivity index (χ2v) is 13.4. The van der Waals surface area contributed by atoms with Gasteiger partial charge in [-0.3, -0.25) is 0 Å². The zero-order valence-electron chi connectivity index (χ0n) is 17.4. The number of nitro benzene ring substituents is 1. The Hall–Kier alpha value is -2.73. The standard InChI is InChI=1S/C27H18N2O2Te2/c30-29(31)20-17-15-19(16-18-20)25-26(32-21-9-3-1-4-10-21)23-13-7-8-14-24(23)28-27(25)33-22-11-5-2-6-12-22/h1-18H. The van der Waals surface area contributed by atoms with E-state index in [1.165, 1.54) is 21.8 Å². The maximum absolute atomic E-state index is 11.2. The van der Waals surface area contributed by atoms with Crippen molar-refractivity contribution in [3.05, 3.63) is 119 Å². The summed E-state index contributed by atoms with van der Waals surface area (Å²) in [5.74, 6) is 0. The van der Waals surface area contributed by atoms with Gasteiger partial charge in [0, 0.05) is 0 Å². The van der Waals surface area contributed by atoms with Crippen LogP contribution in [0.15, 0.2) is 109 Å². The molecule has 160 valence electrons. The molecule has 5 rings (SSSR count). The number of rotatable bonds is 6. The molecule has 5 aromatic rings. The molecule has 0 bridgehead atoms. The Balaban J connectivity index is 1.76. The van der Waals surface area contributed by atoms with Crippen molar-refractivity contribution < 1.29 is 4.92 Å². The molecule has 6 heteroatoms. The van der Waals surface area contributed by atoms with Gasteiger partial charge in [-0.2, -0.15) is 0 Å². The van der Waals surface area contributed by atoms with Crippen molar-refractivity contribution in [3.8, 4) is 11.1 Å². The number of pyridine rings is 1. The summed E-state index contributed by atoms with van der Waals surface area (Å²) in [6.07, 6.45) is 0. The van der Waals surface area contributed by atoms with Crippen LogP contribution in [0.3, 0.4) is 0 Å². The Morgan fingerprint density at radius 2 is 1.24 bits per heavy atom. The van der Waals surface area contributed by atoms with Gasteiger partial charge in [0.15, 0.2) is 0 Å². The summed E-state index contributed by atoms with van der Waals surface area (Å²) < 4.78 is 5.16. The Morgan fingerprint density at radius 1 is 0.667 bits per heavy atom. The summed E-state index contributed by atoms with van der Waals surface area (Å²) in [6.45, 7) is 0. The number of aromatic nitrogens is 1. The number of para-hydroxylation sites is 1. The van der Waals surface area contributed by atoms with Crippen molar-refractivity contribution in [2.75, 3.05) is 0 Å². The molecule has 0 aliphatic carbocycles. The van der Waals surface area contributed by atoms with Gasteiger partial charge in [0.2, 0.25) is 0 Å². The van der Waals surface area contributed by atoms with E-state index in [1.807, 2.05) is 30.3 Å². The first-order valence-corrected chi connectivity index (χ1v) is 15.0. The Bertz CT molecular complexity index is 1420. The quantitative estimate of drug-likeness (QED) is 0.160. The summed E-state index contributed by atoms with van der Waals surface area (Å²) >= 11 is -1.47. The topological polar surface area (TPSA) is 56.0 Å². The van der Waals surface area contributed by atoms with Crippen LogP contribution in [0.25, 0.3) is 22.0 Å². The summed E-state index contributed by atoms with van der Waals surface area (Å²) in [5, 5.41) is 12.4. The minimum absolute atomic E-state index is 0.106. The van der Waals surface area contributed by atoms with Crippen LogP contribution >= 0.6 is 0 Å². The number of nitro groups is 1. The van der Waals surface area contributed by atoms with Crippen molar-refractivity contribution in [1.82, 2.24) is 4.98 Å². The predicted molar refractivity (Wildman–Crippen MR) is 137 cm³/mol. The molecule has 0 aliphatic heterocycles. The van der Waals surface area contributed by atoms with Crippen molar-refractivity contribution >= 4 is 73.0 Å². The predicted octanol–water partition coefficient (Wildman–Crippen LogP) is 3.12. The molecule has 0 fully saturated rings. The van der Waals surface area contributed by atoms with E-state index in [4.69, 9.17) is 4.98 Å². The molecule has 0 spiro atoms. The molecule has 33 heavy (non-hydrogen) atoms. The van der Waals surface area contributed by atoms with Crippen molar-refractivity contribution in [2.45, 2.75) is 0 Å². The molecule has 0 saturated carbocycles. The number of nitrogens with zero attached hydrogens (tertiary/aromatic N) is 2. The first kappa shape index (κ1) is 22.1. The van der Waals surface area contributed by atoms with Crippen LogP contribution in [0.1, 0.15) is 0 Å². The van der Waals surface area contributed by atoms with E-state index < -0.39 is 41.8 Å². The third-order valence-electron chi connectivity index (χ3n) is 5.10. The number of non-ortho nitro benzene ring substituents is 1. The molecule has 0 amide bonds. The Labute approximate surface area is 212 Å². The first-order valence-electron chi connectivity index (χ1n) is 10.3. The van der Waals surface area contributed by atoms with Crippen LogP contribution in [0.5, 0.6) is 0 Å². The SMILES string of the molecule is O=[N+]([O-])c1ccc(-c2c([Te]c3ccccc3)nc3ccccc3c2[Te]c2ccccc2)cc1.